The molecular formula is C58H89N3O13. The first kappa shape index (κ1) is 61.0. The number of rotatable bonds is 12. The van der Waals surface area contributed by atoms with Gasteiger partial charge in [-0.1, -0.05) is 71.1 Å². The molecule has 16 nitrogen and oxygen atoms in total. The number of ether oxygens (including phenoxy) is 7. The molecule has 74 heavy (non-hydrogen) atoms. The lowest BCUT2D eigenvalue weighted by molar-refractivity contribution is -0.266. The molecule has 2 N–H and O–H groups in total. The van der Waals surface area contributed by atoms with E-state index in [-0.39, 0.29) is 61.2 Å². The van der Waals surface area contributed by atoms with Crippen LogP contribution in [0.15, 0.2) is 66.2 Å². The summed E-state index contributed by atoms with van der Waals surface area (Å²) in [7, 11) is 4.77. The molecule has 4 aliphatic rings. The average Bonchev–Trinajstić information content (AvgIpc) is 3.39. The number of aliphatic hydroxyl groups is 2. The molecule has 0 unspecified atom stereocenters. The average molecular weight is 1040 g/mol. The van der Waals surface area contributed by atoms with Gasteiger partial charge in [0, 0.05) is 70.9 Å². The zero-order valence-corrected chi connectivity index (χ0v) is 46.0. The molecular weight excluding hydrogens is 947 g/mol. The van der Waals surface area contributed by atoms with E-state index >= 15 is 0 Å². The van der Waals surface area contributed by atoms with Gasteiger partial charge in [-0.15, -0.1) is 0 Å². The molecule has 16 heteroatoms. The van der Waals surface area contributed by atoms with Gasteiger partial charge in [0.05, 0.1) is 74.9 Å². The molecule has 1 saturated carbocycles. The molecule has 0 aromatic carbocycles. The van der Waals surface area contributed by atoms with Crippen molar-refractivity contribution < 1.29 is 62.5 Å². The minimum atomic E-state index is -2.36. The summed E-state index contributed by atoms with van der Waals surface area (Å²) in [4.78, 5) is 67.3. The van der Waals surface area contributed by atoms with E-state index in [0.717, 1.165) is 37.7 Å². The molecule has 1 aromatic heterocycles. The fraction of sp³-hybridized carbons (Fsp3) is 0.724. The second-order valence-electron chi connectivity index (χ2n) is 21.7. The number of aliphatic hydroxyl groups excluding tert-OH is 1. The zero-order valence-electron chi connectivity index (χ0n) is 46.0. The standard InChI is InChI=1S/C58H89N3O13/c1-37-16-12-11-13-17-38(2)50(72-35-45-34-59-23-24-60-45)32-47-21-19-43(7)58(67,74-47)56(65)57(66)61-25-15-14-18-46(61)36-73-51(40(4)30-44-20-22-49(52(31-44)69-9)71-27-26-68-8)33-48(62)39(3)29-42(6)54(64)55(70-10)53(63)41(5)28-37/h11-13,16-17,23-24,29,34,37,39-41,43-44,46-47,49-52,54-55,64,67H,14-15,18-22,25-28,30-33,35-36H2,1-10H3/b13-11+,16-12+,38-17+,42-29+/t37-,39-,40-,41-,43-,44+,46+,47+,49-,50+,51+,52-,54-,55+,58-/m1/s1. The van der Waals surface area contributed by atoms with Crippen LogP contribution in [-0.4, -0.2) is 151 Å². The Labute approximate surface area is 441 Å². The quantitative estimate of drug-likeness (QED) is 0.117. The largest absolute Gasteiger partial charge is 0.386 e. The van der Waals surface area contributed by atoms with Crippen molar-refractivity contribution in [1.29, 1.82) is 0 Å². The van der Waals surface area contributed by atoms with Crippen LogP contribution in [0.3, 0.4) is 0 Å². The molecule has 0 spiro atoms. The first-order chi connectivity index (χ1) is 35.4. The molecule has 0 radical (unpaired) electrons. The molecule has 2 saturated heterocycles. The number of ketones is 3. The van der Waals surface area contributed by atoms with E-state index in [0.29, 0.717) is 69.6 Å². The summed E-state index contributed by atoms with van der Waals surface area (Å²) in [5.41, 5.74) is 1.96. The van der Waals surface area contributed by atoms with E-state index in [9.17, 15) is 29.4 Å². The maximum atomic E-state index is 14.5. The van der Waals surface area contributed by atoms with Gasteiger partial charge in [-0.2, -0.15) is 0 Å². The first-order valence-electron chi connectivity index (χ1n) is 27.2. The first-order valence-corrected chi connectivity index (χ1v) is 27.2. The molecule has 414 valence electrons. The van der Waals surface area contributed by atoms with Crippen LogP contribution < -0.4 is 0 Å². The Hall–Kier alpha value is -3.84. The topological polar surface area (TPSA) is 202 Å². The van der Waals surface area contributed by atoms with Crippen LogP contribution in [0, 0.1) is 35.5 Å². The molecule has 15 atom stereocenters. The second kappa shape index (κ2) is 30.2. The van der Waals surface area contributed by atoms with Crippen molar-refractivity contribution >= 4 is 23.3 Å². The third-order valence-electron chi connectivity index (χ3n) is 15.9. The summed E-state index contributed by atoms with van der Waals surface area (Å²) < 4.78 is 42.5. The van der Waals surface area contributed by atoms with Crippen LogP contribution in [0.1, 0.15) is 131 Å². The lowest BCUT2D eigenvalue weighted by Gasteiger charge is -2.43. The van der Waals surface area contributed by atoms with E-state index in [4.69, 9.17) is 33.2 Å². The van der Waals surface area contributed by atoms with Crippen LogP contribution in [0.25, 0.3) is 0 Å². The van der Waals surface area contributed by atoms with Gasteiger partial charge in [0.1, 0.15) is 18.0 Å². The molecule has 1 aromatic rings. The Morgan fingerprint density at radius 3 is 2.36 bits per heavy atom. The number of methoxy groups -OCH3 is 3. The SMILES string of the molecule is COCCO[C@@H]1CC[C@@H](C[C@@H](C)[C@@H]2CC(=O)[C@H](C)/C=C(\C)[C@@H](O)[C@@H](OC)C(=O)[C@H](C)C[C@H](C)/C=C/C=C/C=C(\C)[C@@H](OCc3cnccn3)C[C@@H]3CC[C@@H](C)[C@@](O)(O3)C(=O)C(=O)N3CCCC[C@H]3CO2)C[C@H]1OC. The summed E-state index contributed by atoms with van der Waals surface area (Å²) in [6, 6.07) is -0.491. The molecule has 1 aliphatic carbocycles. The van der Waals surface area contributed by atoms with Gasteiger partial charge in [-0.25, -0.2) is 0 Å². The number of carbonyl (C=O) groups excluding carboxylic acids is 4. The van der Waals surface area contributed by atoms with E-state index < -0.39 is 71.8 Å². The van der Waals surface area contributed by atoms with Crippen molar-refractivity contribution in [3.63, 3.8) is 0 Å². The van der Waals surface area contributed by atoms with Crippen molar-refractivity contribution in [2.45, 2.75) is 187 Å². The highest BCUT2D eigenvalue weighted by atomic mass is 16.6. The lowest BCUT2D eigenvalue weighted by atomic mass is 9.78. The summed E-state index contributed by atoms with van der Waals surface area (Å²) in [6.45, 7) is 14.7. The van der Waals surface area contributed by atoms with Crippen LogP contribution >= 0.6 is 0 Å². The Morgan fingerprint density at radius 1 is 0.865 bits per heavy atom. The second-order valence-corrected chi connectivity index (χ2v) is 21.7. The van der Waals surface area contributed by atoms with Crippen LogP contribution in [0.5, 0.6) is 0 Å². The maximum absolute atomic E-state index is 14.5. The van der Waals surface area contributed by atoms with Gasteiger partial charge < -0.3 is 48.3 Å². The number of Topliss-reactive ketones (excluding diaryl/α,β-unsaturated/α-hetero) is 3. The zero-order chi connectivity index (χ0) is 54.0. The summed E-state index contributed by atoms with van der Waals surface area (Å²) in [5.74, 6) is -6.04. The number of aromatic nitrogens is 2. The molecule has 1 amide bonds. The minimum Gasteiger partial charge on any atom is -0.386 e. The van der Waals surface area contributed by atoms with Crippen molar-refractivity contribution in [2.24, 2.45) is 35.5 Å². The molecule has 5 rings (SSSR count). The van der Waals surface area contributed by atoms with Gasteiger partial charge in [0.25, 0.3) is 11.7 Å². The third-order valence-corrected chi connectivity index (χ3v) is 15.9. The van der Waals surface area contributed by atoms with Crippen molar-refractivity contribution in [3.8, 4) is 0 Å². The van der Waals surface area contributed by atoms with Gasteiger partial charge in [0.15, 0.2) is 5.78 Å². The summed E-state index contributed by atoms with van der Waals surface area (Å²) in [5, 5.41) is 23.8. The van der Waals surface area contributed by atoms with Gasteiger partial charge in [-0.05, 0) is 107 Å². The monoisotopic (exact) mass is 1040 g/mol. The van der Waals surface area contributed by atoms with E-state index in [1.54, 1.807) is 59.7 Å². The van der Waals surface area contributed by atoms with Crippen LogP contribution in [0.2, 0.25) is 0 Å². The third kappa shape index (κ3) is 17.3. The highest BCUT2D eigenvalue weighted by Gasteiger charge is 2.52. The smallest absolute Gasteiger partial charge is 0.296 e. The van der Waals surface area contributed by atoms with Gasteiger partial charge in [0.2, 0.25) is 5.79 Å². The molecule has 3 fully saturated rings. The van der Waals surface area contributed by atoms with E-state index in [1.165, 1.54) is 12.0 Å². The lowest BCUT2D eigenvalue weighted by Crippen LogP contribution is -2.60. The Kier molecular flexibility index (Phi) is 24.9. The maximum Gasteiger partial charge on any atom is 0.296 e. The predicted molar refractivity (Wildman–Crippen MR) is 280 cm³/mol. The normalized spacial score (nSPS) is 37.0. The van der Waals surface area contributed by atoms with Crippen molar-refractivity contribution in [2.75, 3.05) is 47.7 Å². The van der Waals surface area contributed by atoms with E-state index in [1.807, 2.05) is 51.2 Å². The van der Waals surface area contributed by atoms with Gasteiger partial charge in [-0.3, -0.25) is 29.1 Å². The van der Waals surface area contributed by atoms with Crippen LogP contribution in [-0.2, 0) is 58.9 Å². The Morgan fingerprint density at radius 2 is 1.65 bits per heavy atom. The fourth-order valence-electron chi connectivity index (χ4n) is 11.2. The number of carbonyl (C=O) groups is 4. The summed E-state index contributed by atoms with van der Waals surface area (Å²) in [6.07, 6.45) is 19.2. The number of hydrogen-bond donors (Lipinski definition) is 2. The minimum absolute atomic E-state index is 0.0146. The number of amides is 1. The van der Waals surface area contributed by atoms with Gasteiger partial charge >= 0.3 is 0 Å². The van der Waals surface area contributed by atoms with Crippen LogP contribution in [0.4, 0.5) is 0 Å². The molecule has 4 heterocycles. The molecule has 2 bridgehead atoms. The number of allylic oxidation sites excluding steroid dienone is 6. The number of hydrogen-bond acceptors (Lipinski definition) is 15. The highest BCUT2D eigenvalue weighted by molar-refractivity contribution is 6.38. The Bertz CT molecular complexity index is 2060. The molecule has 3 aliphatic heterocycles. The number of piperidine rings is 1. The summed E-state index contributed by atoms with van der Waals surface area (Å²) >= 11 is 0. The fourth-order valence-corrected chi connectivity index (χ4v) is 11.2. The Balaban J connectivity index is 1.45. The highest BCUT2D eigenvalue weighted by Crippen LogP contribution is 2.38. The van der Waals surface area contributed by atoms with Crippen molar-refractivity contribution in [3.05, 3.63) is 71.9 Å². The number of fused-ring (bicyclic) bond motifs is 3. The van der Waals surface area contributed by atoms with Crippen molar-refractivity contribution in [1.82, 2.24) is 14.9 Å². The number of nitrogens with zero attached hydrogens (tertiary/aromatic N) is 3. The van der Waals surface area contributed by atoms with E-state index in [2.05, 4.69) is 16.9 Å². The predicted octanol–water partition coefficient (Wildman–Crippen LogP) is 7.69.